The number of hydrogen-bond acceptors (Lipinski definition) is 3. The second kappa shape index (κ2) is 3.84. The van der Waals surface area contributed by atoms with Gasteiger partial charge in [-0.3, -0.25) is 0 Å². The average molecular weight is 241 g/mol. The summed E-state index contributed by atoms with van der Waals surface area (Å²) in [5.41, 5.74) is 10.1. The van der Waals surface area contributed by atoms with Crippen LogP contribution in [0.3, 0.4) is 0 Å². The third-order valence-electron chi connectivity index (χ3n) is 2.92. The molecule has 3 rings (SSSR count). The van der Waals surface area contributed by atoms with Crippen molar-refractivity contribution in [2.45, 2.75) is 6.92 Å². The van der Waals surface area contributed by atoms with E-state index >= 15 is 0 Å². The molecule has 1 heterocycles. The number of amidine groups is 1. The van der Waals surface area contributed by atoms with Crippen molar-refractivity contribution in [1.29, 1.82) is 0 Å². The summed E-state index contributed by atoms with van der Waals surface area (Å²) in [4.78, 5) is 4.27. The van der Waals surface area contributed by atoms with Gasteiger partial charge in [0.05, 0.1) is 11.4 Å². The molecule has 18 heavy (non-hydrogen) atoms. The molecular weight excluding hydrogens is 229 g/mol. The van der Waals surface area contributed by atoms with Crippen LogP contribution < -0.4 is 11.1 Å². The standard InChI is InChI=1S/C14H12FN3/c1-8-2-4-11-10(6-8)14(16)18-13-7-9(15)3-5-12(13)17-11/h2-7,17H,1H3,(H2,16,18). The fourth-order valence-electron chi connectivity index (χ4n) is 2.02. The molecule has 0 amide bonds. The minimum Gasteiger partial charge on any atom is -0.383 e. The van der Waals surface area contributed by atoms with Crippen molar-refractivity contribution < 1.29 is 4.39 Å². The Hall–Kier alpha value is -2.36. The average Bonchev–Trinajstić information content (AvgIpc) is 2.46. The van der Waals surface area contributed by atoms with Gasteiger partial charge in [0.25, 0.3) is 0 Å². The summed E-state index contributed by atoms with van der Waals surface area (Å²) >= 11 is 0. The highest BCUT2D eigenvalue weighted by atomic mass is 19.1. The first-order chi connectivity index (χ1) is 8.63. The number of nitrogens with two attached hydrogens (primary N) is 1. The lowest BCUT2D eigenvalue weighted by atomic mass is 10.1. The number of nitrogens with one attached hydrogen (secondary N) is 1. The van der Waals surface area contributed by atoms with Crippen LogP contribution in [0.25, 0.3) is 0 Å². The van der Waals surface area contributed by atoms with Gasteiger partial charge in [0.15, 0.2) is 0 Å². The summed E-state index contributed by atoms with van der Waals surface area (Å²) in [7, 11) is 0. The van der Waals surface area contributed by atoms with Crippen molar-refractivity contribution in [3.05, 3.63) is 53.3 Å². The number of benzene rings is 2. The zero-order valence-electron chi connectivity index (χ0n) is 9.87. The third kappa shape index (κ3) is 1.72. The number of aryl methyl sites for hydroxylation is 1. The summed E-state index contributed by atoms with van der Waals surface area (Å²) < 4.78 is 13.2. The lowest BCUT2D eigenvalue weighted by Gasteiger charge is -2.09. The van der Waals surface area contributed by atoms with Crippen LogP contribution in [-0.2, 0) is 0 Å². The monoisotopic (exact) mass is 241 g/mol. The van der Waals surface area contributed by atoms with Crippen LogP contribution in [0.1, 0.15) is 11.1 Å². The highest BCUT2D eigenvalue weighted by molar-refractivity contribution is 6.06. The van der Waals surface area contributed by atoms with E-state index in [1.165, 1.54) is 12.1 Å². The van der Waals surface area contributed by atoms with Crippen molar-refractivity contribution in [2.24, 2.45) is 10.7 Å². The molecule has 90 valence electrons. The Morgan fingerprint density at radius 2 is 1.89 bits per heavy atom. The number of hydrogen-bond donors (Lipinski definition) is 2. The maximum absolute atomic E-state index is 13.2. The summed E-state index contributed by atoms with van der Waals surface area (Å²) in [6.45, 7) is 1.99. The van der Waals surface area contributed by atoms with Crippen LogP contribution in [-0.4, -0.2) is 5.84 Å². The summed E-state index contributed by atoms with van der Waals surface area (Å²) in [6.07, 6.45) is 0. The molecule has 3 nitrogen and oxygen atoms in total. The minimum absolute atomic E-state index is 0.325. The number of anilines is 2. The molecule has 0 aromatic heterocycles. The fraction of sp³-hybridized carbons (Fsp3) is 0.0714. The van der Waals surface area contributed by atoms with Gasteiger partial charge in [0, 0.05) is 17.3 Å². The Labute approximate surface area is 104 Å². The Kier molecular flexibility index (Phi) is 2.30. The molecule has 2 aromatic rings. The Morgan fingerprint density at radius 3 is 2.72 bits per heavy atom. The number of nitrogens with zero attached hydrogens (tertiary/aromatic N) is 1. The van der Waals surface area contributed by atoms with Gasteiger partial charge in [-0.25, -0.2) is 9.38 Å². The highest BCUT2D eigenvalue weighted by Crippen LogP contribution is 2.33. The summed E-state index contributed by atoms with van der Waals surface area (Å²) in [5, 5.41) is 3.23. The molecule has 0 saturated heterocycles. The van der Waals surface area contributed by atoms with Crippen LogP contribution in [0.2, 0.25) is 0 Å². The van der Waals surface area contributed by atoms with Gasteiger partial charge >= 0.3 is 0 Å². The second-order valence-corrected chi connectivity index (χ2v) is 4.33. The smallest absolute Gasteiger partial charge is 0.133 e. The van der Waals surface area contributed by atoms with Gasteiger partial charge in [-0.1, -0.05) is 11.6 Å². The molecule has 1 aliphatic rings. The molecule has 0 saturated carbocycles. The minimum atomic E-state index is -0.325. The summed E-state index contributed by atoms with van der Waals surface area (Å²) in [6, 6.07) is 10.3. The van der Waals surface area contributed by atoms with E-state index in [-0.39, 0.29) is 5.82 Å². The largest absolute Gasteiger partial charge is 0.383 e. The number of fused-ring (bicyclic) bond motifs is 2. The maximum Gasteiger partial charge on any atom is 0.133 e. The van der Waals surface area contributed by atoms with Gasteiger partial charge in [0.2, 0.25) is 0 Å². The highest BCUT2D eigenvalue weighted by Gasteiger charge is 2.14. The van der Waals surface area contributed by atoms with Crippen LogP contribution in [0.5, 0.6) is 0 Å². The van der Waals surface area contributed by atoms with E-state index < -0.39 is 0 Å². The molecule has 0 aliphatic carbocycles. The van der Waals surface area contributed by atoms with Crippen molar-refractivity contribution in [1.82, 2.24) is 0 Å². The van der Waals surface area contributed by atoms with E-state index in [1.807, 2.05) is 25.1 Å². The van der Waals surface area contributed by atoms with Gasteiger partial charge in [-0.2, -0.15) is 0 Å². The third-order valence-corrected chi connectivity index (χ3v) is 2.92. The topological polar surface area (TPSA) is 50.4 Å². The Bertz CT molecular complexity index is 662. The van der Waals surface area contributed by atoms with Crippen molar-refractivity contribution in [3.63, 3.8) is 0 Å². The first-order valence-corrected chi connectivity index (χ1v) is 5.65. The van der Waals surface area contributed by atoms with E-state index in [9.17, 15) is 4.39 Å². The molecule has 2 aromatic carbocycles. The zero-order chi connectivity index (χ0) is 12.7. The molecule has 3 N–H and O–H groups in total. The normalized spacial score (nSPS) is 12.9. The lowest BCUT2D eigenvalue weighted by molar-refractivity contribution is 0.628. The van der Waals surface area contributed by atoms with Crippen molar-refractivity contribution in [3.8, 4) is 0 Å². The molecule has 0 atom stereocenters. The van der Waals surface area contributed by atoms with Crippen LogP contribution in [0.15, 0.2) is 41.4 Å². The zero-order valence-corrected chi connectivity index (χ0v) is 9.87. The first kappa shape index (κ1) is 10.8. The van der Waals surface area contributed by atoms with Crippen molar-refractivity contribution >= 4 is 22.9 Å². The summed E-state index contributed by atoms with van der Waals surface area (Å²) in [5.74, 6) is 0.0692. The van der Waals surface area contributed by atoms with E-state index in [0.717, 1.165) is 22.5 Å². The molecule has 0 spiro atoms. The van der Waals surface area contributed by atoms with Gasteiger partial charge in [0.1, 0.15) is 11.7 Å². The molecule has 4 heteroatoms. The van der Waals surface area contributed by atoms with Crippen LogP contribution in [0.4, 0.5) is 21.5 Å². The molecule has 0 radical (unpaired) electrons. The van der Waals surface area contributed by atoms with Crippen LogP contribution in [0, 0.1) is 12.7 Å². The first-order valence-electron chi connectivity index (χ1n) is 5.65. The molecule has 0 bridgehead atoms. The Morgan fingerprint density at radius 1 is 1.11 bits per heavy atom. The molecular formula is C14H12FN3. The number of rotatable bonds is 0. The van der Waals surface area contributed by atoms with Crippen LogP contribution >= 0.6 is 0 Å². The van der Waals surface area contributed by atoms with Gasteiger partial charge < -0.3 is 11.1 Å². The molecule has 1 aliphatic heterocycles. The van der Waals surface area contributed by atoms with E-state index in [4.69, 9.17) is 5.73 Å². The second-order valence-electron chi connectivity index (χ2n) is 4.33. The van der Waals surface area contributed by atoms with Gasteiger partial charge in [-0.15, -0.1) is 0 Å². The predicted molar refractivity (Wildman–Crippen MR) is 71.2 cm³/mol. The lowest BCUT2D eigenvalue weighted by Crippen LogP contribution is -2.13. The quantitative estimate of drug-likeness (QED) is 0.744. The van der Waals surface area contributed by atoms with E-state index in [1.54, 1.807) is 6.07 Å². The van der Waals surface area contributed by atoms with Crippen molar-refractivity contribution in [2.75, 3.05) is 5.32 Å². The SMILES string of the molecule is Cc1ccc2c(c1)C(N)=Nc1cc(F)ccc1N2. The van der Waals surface area contributed by atoms with Gasteiger partial charge in [-0.05, 0) is 31.2 Å². The van der Waals surface area contributed by atoms with E-state index in [2.05, 4.69) is 10.3 Å². The fourth-order valence-corrected chi connectivity index (χ4v) is 2.02. The van der Waals surface area contributed by atoms with E-state index in [0.29, 0.717) is 11.5 Å². The number of aliphatic imine (C=N–C) groups is 1. The number of halogens is 1. The maximum atomic E-state index is 13.2. The predicted octanol–water partition coefficient (Wildman–Crippen LogP) is 3.23. The molecule has 0 fully saturated rings. The molecule has 0 unspecified atom stereocenters. The Balaban J connectivity index is 2.23.